The summed E-state index contributed by atoms with van der Waals surface area (Å²) in [7, 11) is 1.58. The highest BCUT2D eigenvalue weighted by Crippen LogP contribution is 2.27. The molecule has 0 saturated carbocycles. The Bertz CT molecular complexity index is 950. The molecule has 4 nitrogen and oxygen atoms in total. The number of hydrogen-bond acceptors (Lipinski definition) is 3. The summed E-state index contributed by atoms with van der Waals surface area (Å²) in [4.78, 5) is 12.8. The largest absolute Gasteiger partial charge is 0.495 e. The Hall–Kier alpha value is -3.27. The number of carbonyl (C=O) groups excluding carboxylic acids is 1. The van der Waals surface area contributed by atoms with Crippen LogP contribution in [0.1, 0.15) is 27.0 Å². The monoisotopic (exact) mass is 361 g/mol. The van der Waals surface area contributed by atoms with Crippen molar-refractivity contribution in [3.05, 3.63) is 89.0 Å². The van der Waals surface area contributed by atoms with Gasteiger partial charge in [0.2, 0.25) is 0 Å². The molecule has 0 fully saturated rings. The highest BCUT2D eigenvalue weighted by molar-refractivity contribution is 6.06. The van der Waals surface area contributed by atoms with E-state index in [-0.39, 0.29) is 5.91 Å². The van der Waals surface area contributed by atoms with Crippen molar-refractivity contribution in [3.63, 3.8) is 0 Å². The van der Waals surface area contributed by atoms with Gasteiger partial charge in [-0.1, -0.05) is 48.0 Å². The molecule has 138 valence electrons. The maximum Gasteiger partial charge on any atom is 0.259 e. The van der Waals surface area contributed by atoms with Crippen LogP contribution in [0.25, 0.3) is 0 Å². The van der Waals surface area contributed by atoms with Gasteiger partial charge in [-0.2, -0.15) is 0 Å². The van der Waals surface area contributed by atoms with Gasteiger partial charge in [0.25, 0.3) is 5.91 Å². The van der Waals surface area contributed by atoms with E-state index in [1.54, 1.807) is 19.2 Å². The fourth-order valence-electron chi connectivity index (χ4n) is 2.85. The number of anilines is 1. The second-order valence-corrected chi connectivity index (χ2v) is 6.43. The molecule has 0 saturated heterocycles. The van der Waals surface area contributed by atoms with Gasteiger partial charge < -0.3 is 14.8 Å². The summed E-state index contributed by atoms with van der Waals surface area (Å²) in [6, 6.07) is 21.0. The zero-order chi connectivity index (χ0) is 19.2. The minimum atomic E-state index is -0.237. The van der Waals surface area contributed by atoms with Crippen molar-refractivity contribution in [3.8, 4) is 11.5 Å². The molecule has 27 heavy (non-hydrogen) atoms. The van der Waals surface area contributed by atoms with E-state index < -0.39 is 0 Å². The Morgan fingerprint density at radius 1 is 0.889 bits per heavy atom. The van der Waals surface area contributed by atoms with E-state index >= 15 is 0 Å². The molecule has 0 aliphatic rings. The van der Waals surface area contributed by atoms with Gasteiger partial charge in [0.15, 0.2) is 0 Å². The van der Waals surface area contributed by atoms with Crippen LogP contribution >= 0.6 is 0 Å². The molecule has 0 spiro atoms. The summed E-state index contributed by atoms with van der Waals surface area (Å²) < 4.78 is 11.3. The van der Waals surface area contributed by atoms with Gasteiger partial charge in [0, 0.05) is 0 Å². The first-order valence-corrected chi connectivity index (χ1v) is 8.80. The predicted molar refractivity (Wildman–Crippen MR) is 108 cm³/mol. The number of amides is 1. The topological polar surface area (TPSA) is 47.6 Å². The summed E-state index contributed by atoms with van der Waals surface area (Å²) in [5, 5.41) is 2.92. The van der Waals surface area contributed by atoms with Crippen LogP contribution in [0.2, 0.25) is 0 Å². The van der Waals surface area contributed by atoms with E-state index in [9.17, 15) is 4.79 Å². The minimum Gasteiger partial charge on any atom is -0.495 e. The molecule has 1 amide bonds. The fraction of sp³-hybridized carbons (Fsp3) is 0.174. The number of benzene rings is 3. The second-order valence-electron chi connectivity index (χ2n) is 6.43. The molecule has 0 atom stereocenters. The van der Waals surface area contributed by atoms with E-state index in [4.69, 9.17) is 9.47 Å². The fourth-order valence-corrected chi connectivity index (χ4v) is 2.85. The lowest BCUT2D eigenvalue weighted by Gasteiger charge is -2.14. The third-order valence-electron chi connectivity index (χ3n) is 4.21. The van der Waals surface area contributed by atoms with Crippen molar-refractivity contribution in [1.82, 2.24) is 0 Å². The zero-order valence-corrected chi connectivity index (χ0v) is 15.8. The molecule has 0 aliphatic heterocycles. The average molecular weight is 361 g/mol. The van der Waals surface area contributed by atoms with E-state index in [0.717, 1.165) is 11.1 Å². The van der Waals surface area contributed by atoms with Crippen LogP contribution in [0, 0.1) is 13.8 Å². The number of rotatable bonds is 6. The van der Waals surface area contributed by atoms with Crippen molar-refractivity contribution >= 4 is 11.6 Å². The van der Waals surface area contributed by atoms with Crippen LogP contribution in [-0.4, -0.2) is 13.0 Å². The number of aryl methyl sites for hydroxylation is 2. The van der Waals surface area contributed by atoms with Gasteiger partial charge in [0.1, 0.15) is 18.1 Å². The normalized spacial score (nSPS) is 10.3. The van der Waals surface area contributed by atoms with E-state index in [0.29, 0.717) is 29.4 Å². The predicted octanol–water partition coefficient (Wildman–Crippen LogP) is 5.14. The number of para-hydroxylation sites is 1. The number of carbonyl (C=O) groups is 1. The quantitative estimate of drug-likeness (QED) is 0.661. The molecule has 3 rings (SSSR count). The molecule has 0 heterocycles. The van der Waals surface area contributed by atoms with E-state index in [2.05, 4.69) is 11.4 Å². The third-order valence-corrected chi connectivity index (χ3v) is 4.21. The summed E-state index contributed by atoms with van der Waals surface area (Å²) in [5.74, 6) is 0.925. The second kappa shape index (κ2) is 8.41. The summed E-state index contributed by atoms with van der Waals surface area (Å²) >= 11 is 0. The molecule has 0 unspecified atom stereocenters. The lowest BCUT2D eigenvalue weighted by atomic mass is 10.1. The Labute approximate surface area is 159 Å². The number of ether oxygens (including phenoxy) is 2. The van der Waals surface area contributed by atoms with E-state index in [1.807, 2.05) is 62.4 Å². The van der Waals surface area contributed by atoms with Crippen LogP contribution in [0.5, 0.6) is 11.5 Å². The van der Waals surface area contributed by atoms with Gasteiger partial charge in [-0.3, -0.25) is 4.79 Å². The molecule has 4 heteroatoms. The van der Waals surface area contributed by atoms with Crippen molar-refractivity contribution in [2.24, 2.45) is 0 Å². The summed E-state index contributed by atoms with van der Waals surface area (Å²) in [5.41, 5.74) is 4.39. The number of hydrogen-bond donors (Lipinski definition) is 1. The Kier molecular flexibility index (Phi) is 5.77. The SMILES string of the molecule is COc1ccc(C)cc1NC(=O)c1ccccc1OCc1cccc(C)c1. The molecule has 3 aromatic rings. The third kappa shape index (κ3) is 4.67. The van der Waals surface area contributed by atoms with Gasteiger partial charge >= 0.3 is 0 Å². The first-order chi connectivity index (χ1) is 13.1. The van der Waals surface area contributed by atoms with Crippen molar-refractivity contribution in [2.45, 2.75) is 20.5 Å². The lowest BCUT2D eigenvalue weighted by Crippen LogP contribution is -2.14. The van der Waals surface area contributed by atoms with E-state index in [1.165, 1.54) is 5.56 Å². The molecule has 0 aromatic heterocycles. The van der Waals surface area contributed by atoms with Gasteiger partial charge in [-0.15, -0.1) is 0 Å². The van der Waals surface area contributed by atoms with Crippen LogP contribution in [0.4, 0.5) is 5.69 Å². The van der Waals surface area contributed by atoms with Crippen molar-refractivity contribution in [1.29, 1.82) is 0 Å². The molecule has 3 aromatic carbocycles. The van der Waals surface area contributed by atoms with Gasteiger partial charge in [-0.05, 0) is 49.2 Å². The molecule has 0 bridgehead atoms. The van der Waals surface area contributed by atoms with Crippen LogP contribution in [0.3, 0.4) is 0 Å². The minimum absolute atomic E-state index is 0.237. The average Bonchev–Trinajstić information content (AvgIpc) is 2.67. The smallest absolute Gasteiger partial charge is 0.259 e. The Morgan fingerprint density at radius 2 is 1.67 bits per heavy atom. The molecular weight excluding hydrogens is 338 g/mol. The first-order valence-electron chi connectivity index (χ1n) is 8.80. The lowest BCUT2D eigenvalue weighted by molar-refractivity contribution is 0.102. The summed E-state index contributed by atoms with van der Waals surface area (Å²) in [6.07, 6.45) is 0. The molecule has 0 radical (unpaired) electrons. The number of nitrogens with one attached hydrogen (secondary N) is 1. The Balaban J connectivity index is 1.79. The maximum absolute atomic E-state index is 12.8. The summed E-state index contributed by atoms with van der Waals surface area (Å²) in [6.45, 7) is 4.41. The van der Waals surface area contributed by atoms with Crippen LogP contribution < -0.4 is 14.8 Å². The van der Waals surface area contributed by atoms with Crippen LogP contribution in [0.15, 0.2) is 66.7 Å². The maximum atomic E-state index is 12.8. The van der Waals surface area contributed by atoms with Crippen molar-refractivity contribution < 1.29 is 14.3 Å². The Morgan fingerprint density at radius 3 is 2.44 bits per heavy atom. The van der Waals surface area contributed by atoms with Gasteiger partial charge in [-0.25, -0.2) is 0 Å². The van der Waals surface area contributed by atoms with Gasteiger partial charge in [0.05, 0.1) is 18.4 Å². The zero-order valence-electron chi connectivity index (χ0n) is 15.8. The number of methoxy groups -OCH3 is 1. The molecular formula is C23H23NO3. The standard InChI is InChI=1S/C23H23NO3/c1-16-7-6-8-18(13-16)15-27-21-10-5-4-9-19(21)23(25)24-20-14-17(2)11-12-22(20)26-3/h4-14H,15H2,1-3H3,(H,24,25). The van der Waals surface area contributed by atoms with Crippen molar-refractivity contribution in [2.75, 3.05) is 12.4 Å². The van der Waals surface area contributed by atoms with Crippen LogP contribution in [-0.2, 0) is 6.61 Å². The highest BCUT2D eigenvalue weighted by Gasteiger charge is 2.14. The highest BCUT2D eigenvalue weighted by atomic mass is 16.5. The molecule has 0 aliphatic carbocycles. The molecule has 1 N–H and O–H groups in total. The first kappa shape index (κ1) is 18.5.